The van der Waals surface area contributed by atoms with E-state index in [-0.39, 0.29) is 5.75 Å². The molecular formula is C26H16N2O. The first-order chi connectivity index (χ1) is 14.3. The highest BCUT2D eigenvalue weighted by Gasteiger charge is 2.28. The quantitative estimate of drug-likeness (QED) is 0.347. The summed E-state index contributed by atoms with van der Waals surface area (Å²) in [6, 6.07) is 29.9. The summed E-state index contributed by atoms with van der Waals surface area (Å²) in [5.41, 5.74) is 6.24. The van der Waals surface area contributed by atoms with Crippen molar-refractivity contribution in [2.45, 2.75) is 0 Å². The van der Waals surface area contributed by atoms with Gasteiger partial charge in [-0.25, -0.2) is 9.98 Å². The van der Waals surface area contributed by atoms with Crippen LogP contribution in [0.1, 0.15) is 11.1 Å². The molecule has 0 atom stereocenters. The second-order valence-corrected chi connectivity index (χ2v) is 7.20. The minimum atomic E-state index is 0.222. The van der Waals surface area contributed by atoms with E-state index >= 15 is 0 Å². The molecular weight excluding hydrogens is 356 g/mol. The molecule has 1 aliphatic rings. The Balaban J connectivity index is 1.83. The summed E-state index contributed by atoms with van der Waals surface area (Å²) in [5.74, 6) is 0.222. The highest BCUT2D eigenvalue weighted by Crippen LogP contribution is 2.44. The van der Waals surface area contributed by atoms with E-state index in [4.69, 9.17) is 9.98 Å². The second-order valence-electron chi connectivity index (χ2n) is 7.20. The van der Waals surface area contributed by atoms with Crippen LogP contribution in [0.2, 0.25) is 0 Å². The number of para-hydroxylation sites is 2. The molecule has 4 aromatic carbocycles. The number of rotatable bonds is 1. The summed E-state index contributed by atoms with van der Waals surface area (Å²) in [6.45, 7) is 0. The fourth-order valence-corrected chi connectivity index (χ4v) is 4.25. The van der Waals surface area contributed by atoms with Gasteiger partial charge in [-0.05, 0) is 35.7 Å². The maximum absolute atomic E-state index is 10.9. The van der Waals surface area contributed by atoms with Crippen LogP contribution in [0.4, 0.5) is 5.69 Å². The van der Waals surface area contributed by atoms with E-state index in [0.717, 1.165) is 55.5 Å². The fourth-order valence-electron chi connectivity index (χ4n) is 4.25. The van der Waals surface area contributed by atoms with Gasteiger partial charge in [-0.1, -0.05) is 60.7 Å². The van der Waals surface area contributed by atoms with E-state index in [1.54, 1.807) is 6.07 Å². The molecule has 1 N–H and O–H groups in total. The van der Waals surface area contributed by atoms with E-state index in [9.17, 15) is 5.11 Å². The van der Waals surface area contributed by atoms with Crippen molar-refractivity contribution in [3.05, 3.63) is 102 Å². The number of aliphatic imine (C=N–C) groups is 1. The standard InChI is InChI=1S/C26H16N2O/c29-22-15-14-18-17-10-6-7-13-21(17)28-25-19-11-4-5-12-20(19)26(24(22)23(18)25)27-16-8-2-1-3-9-16/h1-15,29H. The van der Waals surface area contributed by atoms with Crippen LogP contribution in [0.3, 0.4) is 0 Å². The van der Waals surface area contributed by atoms with E-state index in [0.29, 0.717) is 0 Å². The van der Waals surface area contributed by atoms with Crippen LogP contribution < -0.4 is 0 Å². The Morgan fingerprint density at radius 2 is 1.38 bits per heavy atom. The van der Waals surface area contributed by atoms with Crippen LogP contribution >= 0.6 is 0 Å². The van der Waals surface area contributed by atoms with Crippen LogP contribution in [0.25, 0.3) is 32.9 Å². The first-order valence-corrected chi connectivity index (χ1v) is 9.59. The monoisotopic (exact) mass is 372 g/mol. The Morgan fingerprint density at radius 1 is 0.655 bits per heavy atom. The van der Waals surface area contributed by atoms with E-state index < -0.39 is 0 Å². The largest absolute Gasteiger partial charge is 0.507 e. The Labute approximate surface area is 167 Å². The Morgan fingerprint density at radius 3 is 2.24 bits per heavy atom. The minimum absolute atomic E-state index is 0.222. The van der Waals surface area contributed by atoms with Gasteiger partial charge in [-0.15, -0.1) is 0 Å². The number of pyridine rings is 1. The van der Waals surface area contributed by atoms with Crippen molar-refractivity contribution >= 4 is 33.1 Å². The summed E-state index contributed by atoms with van der Waals surface area (Å²) in [6.07, 6.45) is 0. The van der Waals surface area contributed by atoms with Gasteiger partial charge >= 0.3 is 0 Å². The smallest absolute Gasteiger partial charge is 0.125 e. The van der Waals surface area contributed by atoms with Gasteiger partial charge in [0.1, 0.15) is 5.75 Å². The Bertz CT molecular complexity index is 1450. The van der Waals surface area contributed by atoms with Crippen LogP contribution in [0.15, 0.2) is 96.0 Å². The van der Waals surface area contributed by atoms with Crippen LogP contribution in [-0.2, 0) is 0 Å². The number of fused-ring (bicyclic) bond motifs is 4. The molecule has 0 saturated heterocycles. The third-order valence-corrected chi connectivity index (χ3v) is 5.52. The van der Waals surface area contributed by atoms with Crippen molar-refractivity contribution in [3.63, 3.8) is 0 Å². The van der Waals surface area contributed by atoms with Crippen LogP contribution in [0.5, 0.6) is 5.75 Å². The predicted molar refractivity (Wildman–Crippen MR) is 118 cm³/mol. The molecule has 1 heterocycles. The van der Waals surface area contributed by atoms with Crippen molar-refractivity contribution in [1.82, 2.24) is 4.98 Å². The number of phenols is 1. The van der Waals surface area contributed by atoms with Crippen molar-refractivity contribution < 1.29 is 5.11 Å². The van der Waals surface area contributed by atoms with E-state index in [2.05, 4.69) is 18.2 Å². The minimum Gasteiger partial charge on any atom is -0.507 e. The zero-order valence-corrected chi connectivity index (χ0v) is 15.5. The van der Waals surface area contributed by atoms with Crippen molar-refractivity contribution in [2.75, 3.05) is 0 Å². The lowest BCUT2D eigenvalue weighted by Crippen LogP contribution is -2.12. The lowest BCUT2D eigenvalue weighted by atomic mass is 9.83. The lowest BCUT2D eigenvalue weighted by molar-refractivity contribution is 0.475. The average Bonchev–Trinajstić information content (AvgIpc) is 2.78. The third-order valence-electron chi connectivity index (χ3n) is 5.52. The van der Waals surface area contributed by atoms with E-state index in [1.807, 2.05) is 66.7 Å². The number of nitrogens with zero attached hydrogens (tertiary/aromatic N) is 2. The van der Waals surface area contributed by atoms with Gasteiger partial charge in [0.2, 0.25) is 0 Å². The molecule has 0 spiro atoms. The lowest BCUT2D eigenvalue weighted by Gasteiger charge is -2.23. The van der Waals surface area contributed by atoms with Gasteiger partial charge in [0, 0.05) is 21.9 Å². The number of aromatic hydroxyl groups is 1. The topological polar surface area (TPSA) is 45.5 Å². The molecule has 0 saturated carbocycles. The van der Waals surface area contributed by atoms with Crippen molar-refractivity contribution in [3.8, 4) is 17.0 Å². The molecule has 0 radical (unpaired) electrons. The number of hydrogen-bond donors (Lipinski definition) is 1. The zero-order chi connectivity index (χ0) is 19.4. The van der Waals surface area contributed by atoms with Crippen LogP contribution in [-0.4, -0.2) is 15.8 Å². The molecule has 3 heteroatoms. The molecule has 0 unspecified atom stereocenters. The zero-order valence-electron chi connectivity index (χ0n) is 15.5. The molecule has 5 aromatic rings. The molecule has 6 rings (SSSR count). The molecule has 0 bridgehead atoms. The van der Waals surface area contributed by atoms with E-state index in [1.165, 1.54) is 0 Å². The predicted octanol–water partition coefficient (Wildman–Crippen LogP) is 6.24. The fraction of sp³-hybridized carbons (Fsp3) is 0. The molecule has 0 fully saturated rings. The molecule has 136 valence electrons. The summed E-state index contributed by atoms with van der Waals surface area (Å²) < 4.78 is 0. The molecule has 0 aliphatic heterocycles. The maximum Gasteiger partial charge on any atom is 0.125 e. The second kappa shape index (κ2) is 6.01. The summed E-state index contributed by atoms with van der Waals surface area (Å²) in [7, 11) is 0. The maximum atomic E-state index is 10.9. The first kappa shape index (κ1) is 16.0. The molecule has 29 heavy (non-hydrogen) atoms. The van der Waals surface area contributed by atoms with Gasteiger partial charge in [0.05, 0.1) is 28.2 Å². The first-order valence-electron chi connectivity index (χ1n) is 9.59. The summed E-state index contributed by atoms with van der Waals surface area (Å²) in [4.78, 5) is 9.94. The normalized spacial score (nSPS) is 13.7. The molecule has 1 aromatic heterocycles. The van der Waals surface area contributed by atoms with Crippen LogP contribution in [0, 0.1) is 0 Å². The van der Waals surface area contributed by atoms with Crippen molar-refractivity contribution in [1.29, 1.82) is 0 Å². The third kappa shape index (κ3) is 2.31. The number of hydrogen-bond acceptors (Lipinski definition) is 3. The summed E-state index contributed by atoms with van der Waals surface area (Å²) in [5, 5.41) is 14.0. The number of phenolic OH excluding ortho intramolecular Hbond substituents is 1. The highest BCUT2D eigenvalue weighted by molar-refractivity contribution is 6.31. The van der Waals surface area contributed by atoms with Crippen molar-refractivity contribution in [2.24, 2.45) is 4.99 Å². The van der Waals surface area contributed by atoms with Gasteiger partial charge in [-0.2, -0.15) is 0 Å². The Kier molecular flexibility index (Phi) is 3.32. The van der Waals surface area contributed by atoms with Gasteiger partial charge < -0.3 is 5.11 Å². The Hall–Kier alpha value is -3.98. The SMILES string of the molecule is Oc1ccc2c3c(nc4ccccc42)-c2ccccc2C(=Nc2ccccc2)c13. The van der Waals surface area contributed by atoms with Gasteiger partial charge in [0.25, 0.3) is 0 Å². The highest BCUT2D eigenvalue weighted by atomic mass is 16.3. The number of aromatic nitrogens is 1. The molecule has 0 amide bonds. The molecule has 1 aliphatic carbocycles. The van der Waals surface area contributed by atoms with Gasteiger partial charge in [0.15, 0.2) is 0 Å². The average molecular weight is 372 g/mol. The number of benzene rings is 4. The van der Waals surface area contributed by atoms with Gasteiger partial charge in [-0.3, -0.25) is 0 Å². The molecule has 3 nitrogen and oxygen atoms in total. The summed E-state index contributed by atoms with van der Waals surface area (Å²) >= 11 is 0.